The number of nitriles is 1. The number of benzene rings is 2. The second kappa shape index (κ2) is 10.3. The summed E-state index contributed by atoms with van der Waals surface area (Å²) in [6.45, 7) is 4.20. The van der Waals surface area contributed by atoms with Crippen molar-refractivity contribution in [3.05, 3.63) is 65.9 Å². The largest absolute Gasteiger partial charge is 0.472 e. The average Bonchev–Trinajstić information content (AvgIpc) is 3.69. The number of aromatic nitrogens is 2. The van der Waals surface area contributed by atoms with Gasteiger partial charge in [0.25, 0.3) is 0 Å². The van der Waals surface area contributed by atoms with Crippen LogP contribution >= 0.6 is 11.8 Å². The van der Waals surface area contributed by atoms with Gasteiger partial charge in [0.1, 0.15) is 6.61 Å². The van der Waals surface area contributed by atoms with Crippen molar-refractivity contribution in [2.75, 3.05) is 43.4 Å². The van der Waals surface area contributed by atoms with Crippen LogP contribution in [0.3, 0.4) is 0 Å². The first-order valence-electron chi connectivity index (χ1n) is 11.6. The molecule has 8 heteroatoms. The number of rotatable bonds is 8. The number of anilines is 2. The summed E-state index contributed by atoms with van der Waals surface area (Å²) < 4.78 is 6.28. The monoisotopic (exact) mass is 472 g/mol. The van der Waals surface area contributed by atoms with Crippen molar-refractivity contribution in [1.82, 2.24) is 14.9 Å². The normalized spacial score (nSPS) is 16.2. The molecule has 0 unspecified atom stereocenters. The number of likely N-dealkylation sites (N-methyl/N-ethyl adjacent to an activating group) is 1. The summed E-state index contributed by atoms with van der Waals surface area (Å²) in [7, 11) is 2.14. The molecule has 0 bridgehead atoms. The fourth-order valence-electron chi connectivity index (χ4n) is 3.77. The summed E-state index contributed by atoms with van der Waals surface area (Å²) in [4.78, 5) is 15.9. The van der Waals surface area contributed by atoms with Crippen molar-refractivity contribution in [1.29, 1.82) is 5.26 Å². The number of piperazine rings is 1. The van der Waals surface area contributed by atoms with E-state index in [1.54, 1.807) is 11.8 Å². The molecule has 34 heavy (non-hydrogen) atoms. The van der Waals surface area contributed by atoms with Crippen molar-refractivity contribution >= 4 is 23.4 Å². The Kier molecular flexibility index (Phi) is 6.84. The molecule has 2 fully saturated rings. The van der Waals surface area contributed by atoms with Crippen LogP contribution in [0.25, 0.3) is 0 Å². The number of ether oxygens (including phenoxy) is 1. The van der Waals surface area contributed by atoms with E-state index in [-0.39, 0.29) is 0 Å². The highest BCUT2D eigenvalue weighted by atomic mass is 32.2. The predicted molar refractivity (Wildman–Crippen MR) is 134 cm³/mol. The molecule has 2 heterocycles. The minimum atomic E-state index is 0.431. The fourth-order valence-corrected chi connectivity index (χ4v) is 4.59. The topological polar surface area (TPSA) is 77.3 Å². The van der Waals surface area contributed by atoms with E-state index in [4.69, 9.17) is 15.0 Å². The number of hydrogen-bond acceptors (Lipinski definition) is 8. The zero-order chi connectivity index (χ0) is 23.3. The Hall–Kier alpha value is -3.28. The molecule has 174 valence electrons. The van der Waals surface area contributed by atoms with Crippen LogP contribution in [0.1, 0.15) is 24.0 Å². The number of hydrogen-bond donors (Lipinski definition) is 1. The van der Waals surface area contributed by atoms with Crippen LogP contribution < -0.4 is 15.0 Å². The molecule has 1 aliphatic heterocycles. The standard InChI is InChI=1S/C26H28N6OS/c1-31-11-13-32(14-12-31)26-28-17-24(34-23-9-5-19(16-27)6-10-23)25(30-26)33-18-20-3-2-4-22(15-20)29-21-7-8-21/h2-6,9-10,15,17,21,29H,7-8,11-14,18H2,1H3. The zero-order valence-electron chi connectivity index (χ0n) is 19.3. The van der Waals surface area contributed by atoms with Crippen molar-refractivity contribution in [2.24, 2.45) is 0 Å². The van der Waals surface area contributed by atoms with Crippen LogP contribution in [0, 0.1) is 11.3 Å². The van der Waals surface area contributed by atoms with Gasteiger partial charge in [-0.3, -0.25) is 0 Å². The molecule has 1 aromatic heterocycles. The number of nitrogens with one attached hydrogen (secondary N) is 1. The Morgan fingerprint density at radius 3 is 2.65 bits per heavy atom. The Balaban J connectivity index is 1.36. The van der Waals surface area contributed by atoms with Crippen molar-refractivity contribution in [3.8, 4) is 11.9 Å². The van der Waals surface area contributed by atoms with Crippen molar-refractivity contribution in [3.63, 3.8) is 0 Å². The zero-order valence-corrected chi connectivity index (χ0v) is 20.1. The first-order chi connectivity index (χ1) is 16.7. The lowest BCUT2D eigenvalue weighted by Crippen LogP contribution is -2.45. The highest BCUT2D eigenvalue weighted by Crippen LogP contribution is 2.35. The molecule has 0 amide bonds. The van der Waals surface area contributed by atoms with Gasteiger partial charge in [0, 0.05) is 42.8 Å². The van der Waals surface area contributed by atoms with E-state index in [1.807, 2.05) is 30.5 Å². The summed E-state index contributed by atoms with van der Waals surface area (Å²) in [6.07, 6.45) is 4.34. The minimum Gasteiger partial charge on any atom is -0.472 e. The maximum Gasteiger partial charge on any atom is 0.232 e. The first-order valence-corrected chi connectivity index (χ1v) is 12.4. The van der Waals surface area contributed by atoms with Gasteiger partial charge < -0.3 is 19.9 Å². The minimum absolute atomic E-state index is 0.431. The lowest BCUT2D eigenvalue weighted by Gasteiger charge is -2.32. The SMILES string of the molecule is CN1CCN(c2ncc(Sc3ccc(C#N)cc3)c(OCc3cccc(NC4CC4)c3)n2)CC1. The molecule has 1 saturated heterocycles. The molecule has 2 aliphatic rings. The van der Waals surface area contributed by atoms with E-state index in [0.717, 1.165) is 47.2 Å². The molecule has 1 saturated carbocycles. The maximum atomic E-state index is 9.07. The fraction of sp³-hybridized carbons (Fsp3) is 0.346. The summed E-state index contributed by atoms with van der Waals surface area (Å²) in [5, 5.41) is 12.6. The Bertz CT molecular complexity index is 1170. The molecule has 0 spiro atoms. The van der Waals surface area contributed by atoms with Crippen LogP contribution in [0.15, 0.2) is 64.5 Å². The molecule has 5 rings (SSSR count). The molecular weight excluding hydrogens is 444 g/mol. The van der Waals surface area contributed by atoms with Crippen LogP contribution in [-0.2, 0) is 6.61 Å². The van der Waals surface area contributed by atoms with Crippen LogP contribution in [0.5, 0.6) is 5.88 Å². The molecule has 7 nitrogen and oxygen atoms in total. The van der Waals surface area contributed by atoms with E-state index in [1.165, 1.54) is 12.8 Å². The highest BCUT2D eigenvalue weighted by molar-refractivity contribution is 7.99. The second-order valence-corrected chi connectivity index (χ2v) is 9.89. The van der Waals surface area contributed by atoms with E-state index < -0.39 is 0 Å². The molecule has 2 aromatic carbocycles. The quantitative estimate of drug-likeness (QED) is 0.517. The molecule has 0 radical (unpaired) electrons. The van der Waals surface area contributed by atoms with Crippen LogP contribution in [-0.4, -0.2) is 54.1 Å². The second-order valence-electron chi connectivity index (χ2n) is 8.78. The van der Waals surface area contributed by atoms with Gasteiger partial charge in [-0.15, -0.1) is 0 Å². The third-order valence-corrected chi connectivity index (χ3v) is 6.97. The van der Waals surface area contributed by atoms with Crippen LogP contribution in [0.4, 0.5) is 11.6 Å². The molecule has 1 N–H and O–H groups in total. The van der Waals surface area contributed by atoms with Gasteiger partial charge in [-0.2, -0.15) is 10.2 Å². The summed E-state index contributed by atoms with van der Waals surface area (Å²) in [5.74, 6) is 1.29. The van der Waals surface area contributed by atoms with Crippen molar-refractivity contribution in [2.45, 2.75) is 35.3 Å². The van der Waals surface area contributed by atoms with Gasteiger partial charge >= 0.3 is 0 Å². The van der Waals surface area contributed by atoms with Gasteiger partial charge in [-0.25, -0.2) is 4.98 Å². The molecule has 3 aromatic rings. The van der Waals surface area contributed by atoms with Gasteiger partial charge in [0.2, 0.25) is 11.8 Å². The predicted octanol–water partition coefficient (Wildman–Crippen LogP) is 4.40. The summed E-state index contributed by atoms with van der Waals surface area (Å²) in [6, 6.07) is 18.7. The average molecular weight is 473 g/mol. The van der Waals surface area contributed by atoms with Crippen molar-refractivity contribution < 1.29 is 4.74 Å². The van der Waals surface area contributed by atoms with E-state index >= 15 is 0 Å². The third-order valence-electron chi connectivity index (χ3n) is 5.96. The smallest absolute Gasteiger partial charge is 0.232 e. The highest BCUT2D eigenvalue weighted by Gasteiger charge is 2.21. The van der Waals surface area contributed by atoms with Gasteiger partial charge in [-0.1, -0.05) is 23.9 Å². The van der Waals surface area contributed by atoms with E-state index in [9.17, 15) is 0 Å². The lowest BCUT2D eigenvalue weighted by atomic mass is 10.2. The third kappa shape index (κ3) is 5.79. The molecule has 1 aliphatic carbocycles. The number of nitrogens with zero attached hydrogens (tertiary/aromatic N) is 5. The van der Waals surface area contributed by atoms with Crippen LogP contribution in [0.2, 0.25) is 0 Å². The van der Waals surface area contributed by atoms with E-state index in [2.05, 4.69) is 57.5 Å². The Morgan fingerprint density at radius 1 is 1.12 bits per heavy atom. The Morgan fingerprint density at radius 2 is 1.91 bits per heavy atom. The van der Waals surface area contributed by atoms with Gasteiger partial charge in [0.05, 0.1) is 22.7 Å². The lowest BCUT2D eigenvalue weighted by molar-refractivity contribution is 0.283. The first kappa shape index (κ1) is 22.5. The Labute approximate surface area is 204 Å². The summed E-state index contributed by atoms with van der Waals surface area (Å²) >= 11 is 1.55. The maximum absolute atomic E-state index is 9.07. The van der Waals surface area contributed by atoms with E-state index in [0.29, 0.717) is 30.0 Å². The molecule has 0 atom stereocenters. The molecular formula is C26H28N6OS. The van der Waals surface area contributed by atoms with Gasteiger partial charge in [-0.05, 0) is 61.9 Å². The summed E-state index contributed by atoms with van der Waals surface area (Å²) in [5.41, 5.74) is 2.87. The van der Waals surface area contributed by atoms with Gasteiger partial charge in [0.15, 0.2) is 0 Å².